The lowest BCUT2D eigenvalue weighted by Gasteiger charge is -2.24. The summed E-state index contributed by atoms with van der Waals surface area (Å²) in [6, 6.07) is 1.58. The Kier molecular flexibility index (Phi) is 5.97. The third kappa shape index (κ3) is 4.89. The zero-order valence-corrected chi connectivity index (χ0v) is 12.5. The third-order valence-electron chi connectivity index (χ3n) is 4.64. The molecule has 1 aliphatic heterocycles. The van der Waals surface area contributed by atoms with Crippen molar-refractivity contribution in [2.24, 2.45) is 5.92 Å². The molecule has 2 rings (SSSR count). The van der Waals surface area contributed by atoms with Gasteiger partial charge in [-0.25, -0.2) is 0 Å². The van der Waals surface area contributed by atoms with E-state index < -0.39 is 0 Å². The van der Waals surface area contributed by atoms with Crippen molar-refractivity contribution in [2.75, 3.05) is 19.6 Å². The first-order valence-corrected chi connectivity index (χ1v) is 8.30. The fraction of sp³-hybridized carbons (Fsp3) is 1.00. The molecule has 2 aliphatic rings. The molecule has 0 aromatic rings. The van der Waals surface area contributed by atoms with Gasteiger partial charge in [0.2, 0.25) is 0 Å². The van der Waals surface area contributed by atoms with Gasteiger partial charge in [-0.2, -0.15) is 0 Å². The van der Waals surface area contributed by atoms with Crippen LogP contribution in [0, 0.1) is 5.92 Å². The van der Waals surface area contributed by atoms with Gasteiger partial charge in [0.15, 0.2) is 0 Å². The fourth-order valence-electron chi connectivity index (χ4n) is 3.30. The van der Waals surface area contributed by atoms with Crippen molar-refractivity contribution in [3.05, 3.63) is 0 Å². The van der Waals surface area contributed by atoms with Crippen LogP contribution in [-0.2, 0) is 0 Å². The first kappa shape index (κ1) is 14.3. The van der Waals surface area contributed by atoms with E-state index >= 15 is 0 Å². The maximum absolute atomic E-state index is 3.95. The van der Waals surface area contributed by atoms with E-state index in [2.05, 4.69) is 24.1 Å². The Morgan fingerprint density at radius 3 is 2.61 bits per heavy atom. The summed E-state index contributed by atoms with van der Waals surface area (Å²) < 4.78 is 0. The number of hydrogen-bond acceptors (Lipinski definition) is 2. The molecule has 1 saturated carbocycles. The summed E-state index contributed by atoms with van der Waals surface area (Å²) in [5.74, 6) is 1.06. The molecular formula is C16H32N2. The molecule has 1 heterocycles. The molecular weight excluding hydrogens is 220 g/mol. The molecule has 1 aliphatic carbocycles. The maximum Gasteiger partial charge on any atom is 0.00823 e. The van der Waals surface area contributed by atoms with Gasteiger partial charge >= 0.3 is 0 Å². The Morgan fingerprint density at radius 2 is 1.94 bits per heavy atom. The molecule has 0 radical (unpaired) electrons. The Balaban J connectivity index is 1.70. The Hall–Kier alpha value is -0.0800. The first-order valence-electron chi connectivity index (χ1n) is 8.30. The molecule has 0 amide bonds. The quantitative estimate of drug-likeness (QED) is 0.747. The van der Waals surface area contributed by atoms with E-state index in [1.807, 2.05) is 0 Å². The number of hydrogen-bond donors (Lipinski definition) is 1. The SMILES string of the molecule is CCCN1CCCC(NC(CC)CC2CC2)CC1. The summed E-state index contributed by atoms with van der Waals surface area (Å²) in [7, 11) is 0. The van der Waals surface area contributed by atoms with Gasteiger partial charge in [-0.1, -0.05) is 26.7 Å². The van der Waals surface area contributed by atoms with Crippen molar-refractivity contribution in [1.29, 1.82) is 0 Å². The van der Waals surface area contributed by atoms with Gasteiger partial charge in [0, 0.05) is 12.1 Å². The van der Waals surface area contributed by atoms with Gasteiger partial charge < -0.3 is 10.2 Å². The highest BCUT2D eigenvalue weighted by Gasteiger charge is 2.26. The Bertz CT molecular complexity index is 225. The third-order valence-corrected chi connectivity index (χ3v) is 4.64. The van der Waals surface area contributed by atoms with Crippen molar-refractivity contribution in [3.8, 4) is 0 Å². The number of likely N-dealkylation sites (tertiary alicyclic amines) is 1. The van der Waals surface area contributed by atoms with Crippen LogP contribution in [0.2, 0.25) is 0 Å². The van der Waals surface area contributed by atoms with Gasteiger partial charge in [-0.3, -0.25) is 0 Å². The second-order valence-corrected chi connectivity index (χ2v) is 6.42. The van der Waals surface area contributed by atoms with E-state index in [9.17, 15) is 0 Å². The molecule has 18 heavy (non-hydrogen) atoms. The van der Waals surface area contributed by atoms with Crippen LogP contribution in [0.1, 0.15) is 65.2 Å². The zero-order valence-electron chi connectivity index (χ0n) is 12.5. The maximum atomic E-state index is 3.95. The van der Waals surface area contributed by atoms with Crippen molar-refractivity contribution in [3.63, 3.8) is 0 Å². The van der Waals surface area contributed by atoms with E-state index in [4.69, 9.17) is 0 Å². The normalized spacial score (nSPS) is 28.0. The fourth-order valence-corrected chi connectivity index (χ4v) is 3.30. The Morgan fingerprint density at radius 1 is 1.11 bits per heavy atom. The molecule has 0 aromatic heterocycles. The molecule has 2 fully saturated rings. The standard InChI is InChI=1S/C16H32N2/c1-3-10-18-11-5-6-16(9-12-18)17-15(4-2)13-14-7-8-14/h14-17H,3-13H2,1-2H3. The molecule has 2 nitrogen and oxygen atoms in total. The minimum absolute atomic E-state index is 0.788. The van der Waals surface area contributed by atoms with Crippen LogP contribution in [0.4, 0.5) is 0 Å². The summed E-state index contributed by atoms with van der Waals surface area (Å²) in [5.41, 5.74) is 0. The monoisotopic (exact) mass is 252 g/mol. The minimum atomic E-state index is 0.788. The van der Waals surface area contributed by atoms with E-state index in [0.29, 0.717) is 0 Å². The highest BCUT2D eigenvalue weighted by Crippen LogP contribution is 2.34. The predicted octanol–water partition coefficient (Wildman–Crippen LogP) is 3.42. The van der Waals surface area contributed by atoms with E-state index in [0.717, 1.165) is 18.0 Å². The smallest absolute Gasteiger partial charge is 0.00823 e. The molecule has 2 atom stereocenters. The van der Waals surface area contributed by atoms with Crippen LogP contribution >= 0.6 is 0 Å². The van der Waals surface area contributed by atoms with Crippen molar-refractivity contribution in [1.82, 2.24) is 10.2 Å². The summed E-state index contributed by atoms with van der Waals surface area (Å²) in [6.07, 6.45) is 11.2. The van der Waals surface area contributed by atoms with Crippen LogP contribution in [-0.4, -0.2) is 36.6 Å². The summed E-state index contributed by atoms with van der Waals surface area (Å²) >= 11 is 0. The molecule has 0 aromatic carbocycles. The van der Waals surface area contributed by atoms with Crippen LogP contribution in [0.3, 0.4) is 0 Å². The predicted molar refractivity (Wildman–Crippen MR) is 78.9 cm³/mol. The lowest BCUT2D eigenvalue weighted by Crippen LogP contribution is -2.39. The molecule has 2 heteroatoms. The van der Waals surface area contributed by atoms with Crippen molar-refractivity contribution < 1.29 is 0 Å². The van der Waals surface area contributed by atoms with Gasteiger partial charge in [0.05, 0.1) is 0 Å². The molecule has 1 saturated heterocycles. The molecule has 1 N–H and O–H groups in total. The number of nitrogens with one attached hydrogen (secondary N) is 1. The average molecular weight is 252 g/mol. The van der Waals surface area contributed by atoms with Gasteiger partial charge in [0.25, 0.3) is 0 Å². The van der Waals surface area contributed by atoms with Crippen molar-refractivity contribution in [2.45, 2.75) is 77.3 Å². The molecule has 2 unspecified atom stereocenters. The van der Waals surface area contributed by atoms with Crippen LogP contribution in [0.15, 0.2) is 0 Å². The second-order valence-electron chi connectivity index (χ2n) is 6.42. The number of nitrogens with zero attached hydrogens (tertiary/aromatic N) is 1. The first-order chi connectivity index (χ1) is 8.81. The van der Waals surface area contributed by atoms with Gasteiger partial charge in [-0.15, -0.1) is 0 Å². The lowest BCUT2D eigenvalue weighted by atomic mass is 10.0. The zero-order chi connectivity index (χ0) is 12.8. The minimum Gasteiger partial charge on any atom is -0.311 e. The van der Waals surface area contributed by atoms with E-state index in [1.165, 1.54) is 71.0 Å². The topological polar surface area (TPSA) is 15.3 Å². The lowest BCUT2D eigenvalue weighted by molar-refractivity contribution is 0.279. The summed E-state index contributed by atoms with van der Waals surface area (Å²) in [5, 5.41) is 3.95. The van der Waals surface area contributed by atoms with Crippen LogP contribution in [0.5, 0.6) is 0 Å². The van der Waals surface area contributed by atoms with Crippen molar-refractivity contribution >= 4 is 0 Å². The summed E-state index contributed by atoms with van der Waals surface area (Å²) in [6.45, 7) is 8.58. The van der Waals surface area contributed by atoms with Crippen LogP contribution < -0.4 is 5.32 Å². The highest BCUT2D eigenvalue weighted by molar-refractivity contribution is 4.83. The van der Waals surface area contributed by atoms with Crippen LogP contribution in [0.25, 0.3) is 0 Å². The highest BCUT2D eigenvalue weighted by atomic mass is 15.1. The van der Waals surface area contributed by atoms with E-state index in [1.54, 1.807) is 0 Å². The molecule has 0 bridgehead atoms. The van der Waals surface area contributed by atoms with Gasteiger partial charge in [0.1, 0.15) is 0 Å². The average Bonchev–Trinajstić information content (AvgIpc) is 3.18. The summed E-state index contributed by atoms with van der Waals surface area (Å²) in [4.78, 5) is 2.66. The number of rotatable bonds is 7. The van der Waals surface area contributed by atoms with Gasteiger partial charge in [-0.05, 0) is 64.1 Å². The largest absolute Gasteiger partial charge is 0.311 e. The second kappa shape index (κ2) is 7.49. The molecule has 106 valence electrons. The van der Waals surface area contributed by atoms with E-state index in [-0.39, 0.29) is 0 Å². The molecule has 0 spiro atoms. The Labute approximate surface area is 114 Å².